The Kier molecular flexibility index (Phi) is 5.81. The summed E-state index contributed by atoms with van der Waals surface area (Å²) < 4.78 is 16.2. The van der Waals surface area contributed by atoms with Crippen molar-refractivity contribution >= 4 is 28.1 Å². The van der Waals surface area contributed by atoms with E-state index in [4.69, 9.17) is 14.2 Å². The van der Waals surface area contributed by atoms with E-state index in [1.54, 1.807) is 34.4 Å². The zero-order valence-electron chi connectivity index (χ0n) is 18.1. The van der Waals surface area contributed by atoms with Gasteiger partial charge >= 0.3 is 0 Å². The van der Waals surface area contributed by atoms with Gasteiger partial charge in [0.15, 0.2) is 5.78 Å². The van der Waals surface area contributed by atoms with Gasteiger partial charge in [-0.1, -0.05) is 12.1 Å². The van der Waals surface area contributed by atoms with Gasteiger partial charge in [-0.05, 0) is 18.6 Å². The number of aromatic nitrogens is 2. The van der Waals surface area contributed by atoms with Crippen LogP contribution in [-0.2, 0) is 9.53 Å². The van der Waals surface area contributed by atoms with Gasteiger partial charge in [-0.25, -0.2) is 4.98 Å². The van der Waals surface area contributed by atoms with E-state index in [1.165, 1.54) is 0 Å². The molecule has 0 bridgehead atoms. The van der Waals surface area contributed by atoms with Crippen LogP contribution in [0.15, 0.2) is 48.3 Å². The zero-order valence-corrected chi connectivity index (χ0v) is 18.1. The number of imidazole rings is 1. The van der Waals surface area contributed by atoms with E-state index in [0.29, 0.717) is 41.7 Å². The quantitative estimate of drug-likeness (QED) is 0.577. The van der Waals surface area contributed by atoms with Gasteiger partial charge in [-0.2, -0.15) is 0 Å². The molecule has 0 spiro atoms. The maximum Gasteiger partial charge on any atom is 0.193 e. The minimum Gasteiger partial charge on any atom is -0.497 e. The summed E-state index contributed by atoms with van der Waals surface area (Å²) in [6.45, 7) is 0.443. The number of hydrogen-bond acceptors (Lipinski definition) is 7. The topological polar surface area (TPSA) is 88.7 Å². The maximum absolute atomic E-state index is 13.6. The molecule has 0 radical (unpaired) electrons. The van der Waals surface area contributed by atoms with Crippen LogP contribution in [-0.4, -0.2) is 56.8 Å². The first-order chi connectivity index (χ1) is 15.1. The Labute approximate surface area is 180 Å². The molecule has 0 aliphatic carbocycles. The van der Waals surface area contributed by atoms with Gasteiger partial charge in [0.05, 0.1) is 30.9 Å². The molecular formula is C23H26N4O4. The second-order valence-electron chi connectivity index (χ2n) is 7.18. The summed E-state index contributed by atoms with van der Waals surface area (Å²) in [5.74, 6) is 2.46. The molecule has 1 aromatic heterocycles. The van der Waals surface area contributed by atoms with Gasteiger partial charge in [-0.15, -0.1) is 0 Å². The number of ether oxygens (including phenoxy) is 3. The summed E-state index contributed by atoms with van der Waals surface area (Å²) in [4.78, 5) is 23.6. The van der Waals surface area contributed by atoms with Crippen molar-refractivity contribution in [2.24, 2.45) is 0 Å². The minimum absolute atomic E-state index is 0.0257. The Bertz CT molecular complexity index is 1080. The molecule has 1 unspecified atom stereocenters. The number of fused-ring (bicyclic) bond motifs is 1. The minimum atomic E-state index is -0.456. The lowest BCUT2D eigenvalue weighted by Gasteiger charge is -2.29. The van der Waals surface area contributed by atoms with Crippen LogP contribution in [0.5, 0.6) is 11.5 Å². The first-order valence-electron chi connectivity index (χ1n) is 10.0. The summed E-state index contributed by atoms with van der Waals surface area (Å²) in [5, 5.41) is 3.22. The normalized spacial score (nSPS) is 16.3. The fraction of sp³-hybridized carbons (Fsp3) is 0.304. The number of carbonyl (C=O) groups is 1. The van der Waals surface area contributed by atoms with Crippen molar-refractivity contribution in [2.75, 3.05) is 39.9 Å². The Hall–Kier alpha value is -3.52. The van der Waals surface area contributed by atoms with Gasteiger partial charge in [0.25, 0.3) is 0 Å². The van der Waals surface area contributed by atoms with Gasteiger partial charge < -0.3 is 29.4 Å². The van der Waals surface area contributed by atoms with Crippen LogP contribution in [0.3, 0.4) is 0 Å². The van der Waals surface area contributed by atoms with Crippen molar-refractivity contribution in [1.82, 2.24) is 15.3 Å². The van der Waals surface area contributed by atoms with Crippen LogP contribution >= 0.6 is 0 Å². The van der Waals surface area contributed by atoms with E-state index in [2.05, 4.69) is 15.3 Å². The van der Waals surface area contributed by atoms with Crippen LogP contribution < -0.4 is 19.7 Å². The number of methoxy groups -OCH3 is 3. The van der Waals surface area contributed by atoms with Gasteiger partial charge in [0.2, 0.25) is 0 Å². The predicted octanol–water partition coefficient (Wildman–Crippen LogP) is 2.96. The number of carbonyl (C=O) groups excluding carboxylic acids is 1. The van der Waals surface area contributed by atoms with E-state index in [-0.39, 0.29) is 5.78 Å². The number of nitrogens with zero attached hydrogens (tertiary/aromatic N) is 2. The fourth-order valence-electron chi connectivity index (χ4n) is 3.95. The van der Waals surface area contributed by atoms with Crippen LogP contribution in [0.1, 0.15) is 12.2 Å². The lowest BCUT2D eigenvalue weighted by atomic mass is 10.0. The number of hydrogen-bond donors (Lipinski definition) is 2. The third-order valence-electron chi connectivity index (χ3n) is 5.41. The van der Waals surface area contributed by atoms with E-state index in [0.717, 1.165) is 16.7 Å². The van der Waals surface area contributed by atoms with E-state index >= 15 is 0 Å². The second kappa shape index (κ2) is 8.69. The van der Waals surface area contributed by atoms with Crippen molar-refractivity contribution in [3.63, 3.8) is 0 Å². The number of H-pyrrole nitrogens is 1. The lowest BCUT2D eigenvalue weighted by molar-refractivity contribution is -0.114. The molecular weight excluding hydrogens is 396 g/mol. The molecule has 1 atom stereocenters. The second-order valence-corrected chi connectivity index (χ2v) is 7.18. The number of ketones is 1. The summed E-state index contributed by atoms with van der Waals surface area (Å²) in [6.07, 6.45) is 0.518. The predicted molar refractivity (Wildman–Crippen MR) is 119 cm³/mol. The average molecular weight is 422 g/mol. The van der Waals surface area contributed by atoms with Gasteiger partial charge in [0.1, 0.15) is 34.8 Å². The fourth-order valence-corrected chi connectivity index (χ4v) is 3.95. The molecule has 4 rings (SSSR count). The summed E-state index contributed by atoms with van der Waals surface area (Å²) in [7, 11) is 6.63. The highest BCUT2D eigenvalue weighted by Gasteiger charge is 2.42. The highest BCUT2D eigenvalue weighted by atomic mass is 16.5. The third-order valence-corrected chi connectivity index (χ3v) is 5.41. The first-order valence-corrected chi connectivity index (χ1v) is 10.0. The SMILES string of the molecule is CNC1=C(c2nc3ccccc3[nH]2)C(=O)C(CCOC)N1c1cc(OC)cc(OC)c1. The highest BCUT2D eigenvalue weighted by molar-refractivity contribution is 6.28. The molecule has 3 aromatic rings. The molecule has 2 heterocycles. The number of anilines is 1. The van der Waals surface area contributed by atoms with E-state index in [1.807, 2.05) is 41.3 Å². The van der Waals surface area contributed by atoms with Crippen molar-refractivity contribution in [1.29, 1.82) is 0 Å². The summed E-state index contributed by atoms with van der Waals surface area (Å²) in [5.41, 5.74) is 2.98. The van der Waals surface area contributed by atoms with E-state index < -0.39 is 6.04 Å². The molecule has 0 fully saturated rings. The standard InChI is InChI=1S/C23H26N4O4/c1-24-23-20(22-25-17-7-5-6-8-18(17)26-22)21(28)19(9-10-29-2)27(23)14-11-15(30-3)13-16(12-14)31-4/h5-8,11-13,19,24H,9-10H2,1-4H3,(H,25,26). The number of nitrogens with one attached hydrogen (secondary N) is 2. The number of Topliss-reactive ketones (excluding diaryl/α,β-unsaturated/α-hetero) is 1. The molecule has 0 saturated heterocycles. The largest absolute Gasteiger partial charge is 0.497 e. The number of para-hydroxylation sites is 2. The summed E-state index contributed by atoms with van der Waals surface area (Å²) >= 11 is 0. The third kappa shape index (κ3) is 3.70. The molecule has 0 saturated carbocycles. The van der Waals surface area contributed by atoms with Gasteiger partial charge in [-0.3, -0.25) is 4.79 Å². The zero-order chi connectivity index (χ0) is 22.0. The van der Waals surface area contributed by atoms with Crippen LogP contribution in [0.25, 0.3) is 16.6 Å². The molecule has 2 N–H and O–H groups in total. The summed E-state index contributed by atoms with van der Waals surface area (Å²) in [6, 6.07) is 12.8. The van der Waals surface area contributed by atoms with Crippen LogP contribution in [0, 0.1) is 0 Å². The molecule has 1 aliphatic heterocycles. The number of aromatic amines is 1. The average Bonchev–Trinajstić information content (AvgIpc) is 3.35. The maximum atomic E-state index is 13.6. The van der Waals surface area contributed by atoms with Crippen LogP contribution in [0.4, 0.5) is 5.69 Å². The van der Waals surface area contributed by atoms with Crippen molar-refractivity contribution < 1.29 is 19.0 Å². The Morgan fingerprint density at radius 3 is 2.42 bits per heavy atom. The number of benzene rings is 2. The molecule has 2 aromatic carbocycles. The molecule has 8 heteroatoms. The van der Waals surface area contributed by atoms with Crippen LogP contribution in [0.2, 0.25) is 0 Å². The highest BCUT2D eigenvalue weighted by Crippen LogP contribution is 2.39. The van der Waals surface area contributed by atoms with Gasteiger partial charge in [0, 0.05) is 39.0 Å². The van der Waals surface area contributed by atoms with Crippen molar-refractivity contribution in [3.8, 4) is 11.5 Å². The molecule has 162 valence electrons. The smallest absolute Gasteiger partial charge is 0.193 e. The Morgan fingerprint density at radius 1 is 1.10 bits per heavy atom. The molecule has 31 heavy (non-hydrogen) atoms. The first kappa shape index (κ1) is 20.7. The molecule has 8 nitrogen and oxygen atoms in total. The molecule has 1 aliphatic rings. The van der Waals surface area contributed by atoms with Crippen molar-refractivity contribution in [2.45, 2.75) is 12.5 Å². The molecule has 0 amide bonds. The number of rotatable bonds is 8. The monoisotopic (exact) mass is 422 g/mol. The van der Waals surface area contributed by atoms with E-state index in [9.17, 15) is 4.79 Å². The Balaban J connectivity index is 1.88. The lowest BCUT2D eigenvalue weighted by Crippen LogP contribution is -2.38. The Morgan fingerprint density at radius 2 is 1.81 bits per heavy atom. The van der Waals surface area contributed by atoms with Crippen molar-refractivity contribution in [3.05, 3.63) is 54.1 Å².